The first-order valence-corrected chi connectivity index (χ1v) is 10.0. The number of ether oxygens (including phenoxy) is 1. The molecule has 0 heterocycles. The summed E-state index contributed by atoms with van der Waals surface area (Å²) in [7, 11) is 1.60. The van der Waals surface area contributed by atoms with Crippen LogP contribution in [-0.4, -0.2) is 18.9 Å². The molecule has 0 aliphatic heterocycles. The van der Waals surface area contributed by atoms with Gasteiger partial charge >= 0.3 is 0 Å². The average Bonchev–Trinajstić information content (AvgIpc) is 2.79. The topological polar surface area (TPSA) is 67.4 Å². The zero-order valence-corrected chi connectivity index (χ0v) is 17.2. The summed E-state index contributed by atoms with van der Waals surface area (Å²) in [6.45, 7) is 2.07. The number of hydrogen-bond acceptors (Lipinski definition) is 3. The first-order valence-electron chi connectivity index (χ1n) is 10.0. The summed E-state index contributed by atoms with van der Waals surface area (Å²) in [5.74, 6) is 0.267. The molecule has 1 atom stereocenters. The molecule has 5 heteroatoms. The SMILES string of the molecule is CCC[C@H](C(=O)Nc1ccc(C(=O)Nc2ccc(OC)cc2)cc1)c1ccccc1. The van der Waals surface area contributed by atoms with Gasteiger partial charge in [-0.2, -0.15) is 0 Å². The van der Waals surface area contributed by atoms with Gasteiger partial charge in [-0.3, -0.25) is 9.59 Å². The summed E-state index contributed by atoms with van der Waals surface area (Å²) in [5, 5.41) is 5.81. The summed E-state index contributed by atoms with van der Waals surface area (Å²) < 4.78 is 5.12. The van der Waals surface area contributed by atoms with E-state index in [0.29, 0.717) is 16.9 Å². The van der Waals surface area contributed by atoms with Crippen molar-refractivity contribution in [1.82, 2.24) is 0 Å². The van der Waals surface area contributed by atoms with Crippen LogP contribution in [-0.2, 0) is 4.79 Å². The van der Waals surface area contributed by atoms with Crippen LogP contribution >= 0.6 is 0 Å². The molecule has 30 heavy (non-hydrogen) atoms. The highest BCUT2D eigenvalue weighted by atomic mass is 16.5. The first kappa shape index (κ1) is 21.1. The molecule has 0 aromatic heterocycles. The minimum absolute atomic E-state index is 0.0431. The number of carbonyl (C=O) groups is 2. The van der Waals surface area contributed by atoms with Gasteiger partial charge in [0.25, 0.3) is 5.91 Å². The summed E-state index contributed by atoms with van der Waals surface area (Å²) >= 11 is 0. The second-order valence-electron chi connectivity index (χ2n) is 7.00. The molecule has 3 rings (SSSR count). The van der Waals surface area contributed by atoms with Crippen LogP contribution in [0.25, 0.3) is 0 Å². The van der Waals surface area contributed by atoms with Crippen LogP contribution in [0.15, 0.2) is 78.9 Å². The van der Waals surface area contributed by atoms with Crippen molar-refractivity contribution in [2.75, 3.05) is 17.7 Å². The van der Waals surface area contributed by atoms with E-state index >= 15 is 0 Å². The third-order valence-corrected chi connectivity index (χ3v) is 4.86. The predicted octanol–water partition coefficient (Wildman–Crippen LogP) is 5.47. The van der Waals surface area contributed by atoms with E-state index in [-0.39, 0.29) is 17.7 Å². The molecule has 0 unspecified atom stereocenters. The smallest absolute Gasteiger partial charge is 0.255 e. The van der Waals surface area contributed by atoms with Crippen molar-refractivity contribution in [3.63, 3.8) is 0 Å². The van der Waals surface area contributed by atoms with E-state index in [9.17, 15) is 9.59 Å². The molecular weight excluding hydrogens is 376 g/mol. The maximum absolute atomic E-state index is 12.8. The lowest BCUT2D eigenvalue weighted by Crippen LogP contribution is -2.21. The van der Waals surface area contributed by atoms with Gasteiger partial charge in [0.05, 0.1) is 13.0 Å². The zero-order valence-electron chi connectivity index (χ0n) is 17.2. The highest BCUT2D eigenvalue weighted by molar-refractivity contribution is 6.04. The number of benzene rings is 3. The van der Waals surface area contributed by atoms with Gasteiger partial charge in [0.2, 0.25) is 5.91 Å². The molecule has 5 nitrogen and oxygen atoms in total. The lowest BCUT2D eigenvalue weighted by molar-refractivity contribution is -0.117. The molecule has 0 saturated heterocycles. The number of hydrogen-bond donors (Lipinski definition) is 2. The fourth-order valence-corrected chi connectivity index (χ4v) is 3.24. The molecule has 3 aromatic carbocycles. The minimum Gasteiger partial charge on any atom is -0.497 e. The molecule has 0 spiro atoms. The lowest BCUT2D eigenvalue weighted by atomic mass is 9.93. The molecule has 0 bridgehead atoms. The number of anilines is 2. The maximum Gasteiger partial charge on any atom is 0.255 e. The molecule has 0 fully saturated rings. The van der Waals surface area contributed by atoms with E-state index in [0.717, 1.165) is 24.2 Å². The number of methoxy groups -OCH3 is 1. The van der Waals surface area contributed by atoms with Crippen LogP contribution in [0.5, 0.6) is 5.75 Å². The minimum atomic E-state index is -0.216. The number of nitrogens with one attached hydrogen (secondary N) is 2. The van der Waals surface area contributed by atoms with Crippen molar-refractivity contribution in [1.29, 1.82) is 0 Å². The fourth-order valence-electron chi connectivity index (χ4n) is 3.24. The Balaban J connectivity index is 1.64. The fraction of sp³-hybridized carbons (Fsp3) is 0.200. The van der Waals surface area contributed by atoms with E-state index in [1.807, 2.05) is 30.3 Å². The van der Waals surface area contributed by atoms with Gasteiger partial charge in [0.15, 0.2) is 0 Å². The molecule has 0 aliphatic carbocycles. The molecule has 154 valence electrons. The highest BCUT2D eigenvalue weighted by Gasteiger charge is 2.19. The zero-order chi connectivity index (χ0) is 21.3. The van der Waals surface area contributed by atoms with E-state index in [1.165, 1.54) is 0 Å². The van der Waals surface area contributed by atoms with Gasteiger partial charge < -0.3 is 15.4 Å². The molecule has 0 radical (unpaired) electrons. The third-order valence-electron chi connectivity index (χ3n) is 4.86. The third kappa shape index (κ3) is 5.47. The van der Waals surface area contributed by atoms with Gasteiger partial charge in [0.1, 0.15) is 5.75 Å². The number of amides is 2. The van der Waals surface area contributed by atoms with E-state index in [4.69, 9.17) is 4.74 Å². The quantitative estimate of drug-likeness (QED) is 0.525. The molecule has 0 aliphatic rings. The second-order valence-corrected chi connectivity index (χ2v) is 7.00. The predicted molar refractivity (Wildman–Crippen MR) is 120 cm³/mol. The van der Waals surface area contributed by atoms with Gasteiger partial charge in [-0.15, -0.1) is 0 Å². The van der Waals surface area contributed by atoms with Crippen LogP contribution < -0.4 is 15.4 Å². The van der Waals surface area contributed by atoms with Gasteiger partial charge in [-0.25, -0.2) is 0 Å². The van der Waals surface area contributed by atoms with Gasteiger partial charge in [-0.1, -0.05) is 43.7 Å². The van der Waals surface area contributed by atoms with Crippen molar-refractivity contribution in [3.05, 3.63) is 90.0 Å². The Morgan fingerprint density at radius 1 is 0.833 bits per heavy atom. The van der Waals surface area contributed by atoms with Crippen molar-refractivity contribution in [2.45, 2.75) is 25.7 Å². The van der Waals surface area contributed by atoms with Crippen LogP contribution in [0.2, 0.25) is 0 Å². The Labute approximate surface area is 177 Å². The van der Waals surface area contributed by atoms with Crippen molar-refractivity contribution >= 4 is 23.2 Å². The Hall–Kier alpha value is -3.60. The highest BCUT2D eigenvalue weighted by Crippen LogP contribution is 2.23. The summed E-state index contributed by atoms with van der Waals surface area (Å²) in [4.78, 5) is 25.3. The largest absolute Gasteiger partial charge is 0.497 e. The molecule has 3 aromatic rings. The van der Waals surface area contributed by atoms with Crippen molar-refractivity contribution < 1.29 is 14.3 Å². The summed E-state index contributed by atoms with van der Waals surface area (Å²) in [6, 6.07) is 23.8. The normalized spacial score (nSPS) is 11.4. The standard InChI is InChI=1S/C25H26N2O3/c1-3-7-23(18-8-5-4-6-9-18)25(29)27-20-12-10-19(11-13-20)24(28)26-21-14-16-22(30-2)17-15-21/h4-6,8-17,23H,3,7H2,1-2H3,(H,26,28)(H,27,29)/t23-/m0/s1. The Kier molecular flexibility index (Phi) is 7.22. The van der Waals surface area contributed by atoms with Crippen LogP contribution in [0, 0.1) is 0 Å². The van der Waals surface area contributed by atoms with E-state index < -0.39 is 0 Å². The van der Waals surface area contributed by atoms with Gasteiger partial charge in [0, 0.05) is 16.9 Å². The average molecular weight is 402 g/mol. The summed E-state index contributed by atoms with van der Waals surface area (Å²) in [5.41, 5.74) is 2.87. The monoisotopic (exact) mass is 402 g/mol. The van der Waals surface area contributed by atoms with E-state index in [1.54, 1.807) is 55.6 Å². The summed E-state index contributed by atoms with van der Waals surface area (Å²) in [6.07, 6.45) is 1.69. The van der Waals surface area contributed by atoms with E-state index in [2.05, 4.69) is 17.6 Å². The Morgan fingerprint density at radius 3 is 2.03 bits per heavy atom. The van der Waals surface area contributed by atoms with Crippen LogP contribution in [0.4, 0.5) is 11.4 Å². The second kappa shape index (κ2) is 10.3. The maximum atomic E-state index is 12.8. The van der Waals surface area contributed by atoms with Crippen molar-refractivity contribution in [2.24, 2.45) is 0 Å². The first-order chi connectivity index (χ1) is 14.6. The Morgan fingerprint density at radius 2 is 1.43 bits per heavy atom. The van der Waals surface area contributed by atoms with Crippen LogP contribution in [0.3, 0.4) is 0 Å². The molecule has 2 amide bonds. The molecular formula is C25H26N2O3. The van der Waals surface area contributed by atoms with Crippen LogP contribution in [0.1, 0.15) is 41.6 Å². The molecule has 0 saturated carbocycles. The molecule has 2 N–H and O–H groups in total. The number of rotatable bonds is 8. The van der Waals surface area contributed by atoms with Crippen molar-refractivity contribution in [3.8, 4) is 5.75 Å². The Bertz CT molecular complexity index is 968. The lowest BCUT2D eigenvalue weighted by Gasteiger charge is -2.17. The van der Waals surface area contributed by atoms with Gasteiger partial charge in [-0.05, 0) is 60.5 Å². The number of carbonyl (C=O) groups excluding carboxylic acids is 2.